The van der Waals surface area contributed by atoms with Gasteiger partial charge in [0.1, 0.15) is 5.75 Å². The highest BCUT2D eigenvalue weighted by atomic mass is 16.5. The van der Waals surface area contributed by atoms with Crippen LogP contribution in [0.4, 0.5) is 0 Å². The van der Waals surface area contributed by atoms with Gasteiger partial charge in [0.25, 0.3) is 0 Å². The van der Waals surface area contributed by atoms with E-state index in [1.807, 2.05) is 13.0 Å². The third kappa shape index (κ3) is 4.21. The largest absolute Gasteiger partial charge is 0.494 e. The van der Waals surface area contributed by atoms with Gasteiger partial charge in [0, 0.05) is 19.6 Å². The molecule has 0 unspecified atom stereocenters. The lowest BCUT2D eigenvalue weighted by Gasteiger charge is -2.15. The molecule has 0 aliphatic carbocycles. The number of aryl methyl sites for hydroxylation is 2. The van der Waals surface area contributed by atoms with Crippen LogP contribution in [0.15, 0.2) is 18.2 Å². The molecule has 1 aliphatic heterocycles. The Balaban J connectivity index is 1.70. The van der Waals surface area contributed by atoms with E-state index in [-0.39, 0.29) is 11.8 Å². The van der Waals surface area contributed by atoms with E-state index in [9.17, 15) is 4.79 Å². The first-order valence-electron chi connectivity index (χ1n) is 7.62. The van der Waals surface area contributed by atoms with Crippen LogP contribution >= 0.6 is 0 Å². The SMILES string of the molecule is Cc1ccc(OCCCN2C[C@@H](C)[C@H](C(=O)O)C2)cc1C. The molecule has 4 heteroatoms. The normalized spacial score (nSPS) is 22.4. The summed E-state index contributed by atoms with van der Waals surface area (Å²) in [5, 5.41) is 9.12. The molecule has 0 radical (unpaired) electrons. The van der Waals surface area contributed by atoms with Crippen LogP contribution in [0.25, 0.3) is 0 Å². The van der Waals surface area contributed by atoms with Crippen molar-refractivity contribution in [1.82, 2.24) is 4.90 Å². The van der Waals surface area contributed by atoms with Gasteiger partial charge < -0.3 is 14.7 Å². The van der Waals surface area contributed by atoms with Gasteiger partial charge in [-0.1, -0.05) is 13.0 Å². The molecule has 0 aromatic heterocycles. The molecule has 1 saturated heterocycles. The summed E-state index contributed by atoms with van der Waals surface area (Å²) < 4.78 is 5.76. The van der Waals surface area contributed by atoms with E-state index in [0.29, 0.717) is 13.2 Å². The van der Waals surface area contributed by atoms with Crippen LogP contribution in [0.1, 0.15) is 24.5 Å². The summed E-state index contributed by atoms with van der Waals surface area (Å²) in [4.78, 5) is 13.3. The third-order valence-electron chi connectivity index (χ3n) is 4.37. The van der Waals surface area contributed by atoms with Gasteiger partial charge >= 0.3 is 5.97 Å². The van der Waals surface area contributed by atoms with Gasteiger partial charge in [0.05, 0.1) is 12.5 Å². The van der Waals surface area contributed by atoms with E-state index >= 15 is 0 Å². The Morgan fingerprint density at radius 3 is 2.71 bits per heavy atom. The minimum Gasteiger partial charge on any atom is -0.494 e. The average Bonchev–Trinajstić information content (AvgIpc) is 2.80. The fourth-order valence-corrected chi connectivity index (χ4v) is 2.85. The standard InChI is InChI=1S/C17H25NO3/c1-12-5-6-15(9-13(12)2)21-8-4-7-18-10-14(3)16(11-18)17(19)20/h5-6,9,14,16H,4,7-8,10-11H2,1-3H3,(H,19,20)/t14-,16-/m1/s1. The number of aliphatic carboxylic acids is 1. The number of benzene rings is 1. The minimum atomic E-state index is -0.670. The third-order valence-corrected chi connectivity index (χ3v) is 4.37. The molecule has 1 aliphatic rings. The highest BCUT2D eigenvalue weighted by molar-refractivity contribution is 5.71. The predicted octanol–water partition coefficient (Wildman–Crippen LogP) is 2.72. The number of carboxylic acids is 1. The Morgan fingerprint density at radius 1 is 1.33 bits per heavy atom. The zero-order chi connectivity index (χ0) is 15.4. The molecule has 1 aromatic rings. The minimum absolute atomic E-state index is 0.217. The topological polar surface area (TPSA) is 49.8 Å². The van der Waals surface area contributed by atoms with Gasteiger partial charge in [-0.2, -0.15) is 0 Å². The number of carbonyl (C=O) groups is 1. The quantitative estimate of drug-likeness (QED) is 0.819. The Hall–Kier alpha value is -1.55. The average molecular weight is 291 g/mol. The Kier molecular flexibility index (Phi) is 5.23. The summed E-state index contributed by atoms with van der Waals surface area (Å²) in [5.41, 5.74) is 2.51. The van der Waals surface area contributed by atoms with Crippen LogP contribution in [0, 0.1) is 25.7 Å². The van der Waals surface area contributed by atoms with Crippen LogP contribution in [-0.4, -0.2) is 42.2 Å². The lowest BCUT2D eigenvalue weighted by Crippen LogP contribution is -2.25. The molecule has 0 amide bonds. The van der Waals surface area contributed by atoms with Crippen LogP contribution < -0.4 is 4.74 Å². The second-order valence-corrected chi connectivity index (χ2v) is 6.13. The zero-order valence-corrected chi connectivity index (χ0v) is 13.1. The lowest BCUT2D eigenvalue weighted by molar-refractivity contribution is -0.142. The maximum atomic E-state index is 11.1. The monoisotopic (exact) mass is 291 g/mol. The van der Waals surface area contributed by atoms with Crippen molar-refractivity contribution in [2.45, 2.75) is 27.2 Å². The maximum absolute atomic E-state index is 11.1. The molecule has 2 rings (SSSR count). The van der Waals surface area contributed by atoms with Crippen LogP contribution in [0.2, 0.25) is 0 Å². The number of ether oxygens (including phenoxy) is 1. The van der Waals surface area contributed by atoms with Crippen molar-refractivity contribution >= 4 is 5.97 Å². The number of hydrogen-bond acceptors (Lipinski definition) is 3. The molecule has 0 saturated carbocycles. The molecular formula is C17H25NO3. The lowest BCUT2D eigenvalue weighted by atomic mass is 9.99. The summed E-state index contributed by atoms with van der Waals surface area (Å²) >= 11 is 0. The van der Waals surface area contributed by atoms with E-state index in [4.69, 9.17) is 9.84 Å². The van der Waals surface area contributed by atoms with Crippen molar-refractivity contribution in [3.05, 3.63) is 29.3 Å². The highest BCUT2D eigenvalue weighted by Crippen LogP contribution is 2.23. The molecule has 0 spiro atoms. The van der Waals surface area contributed by atoms with E-state index in [1.54, 1.807) is 0 Å². The molecule has 1 fully saturated rings. The van der Waals surface area contributed by atoms with Crippen LogP contribution in [-0.2, 0) is 4.79 Å². The second-order valence-electron chi connectivity index (χ2n) is 6.13. The molecule has 1 N–H and O–H groups in total. The van der Waals surface area contributed by atoms with Crippen molar-refractivity contribution < 1.29 is 14.6 Å². The van der Waals surface area contributed by atoms with Crippen molar-refractivity contribution in [2.75, 3.05) is 26.2 Å². The molecule has 4 nitrogen and oxygen atoms in total. The van der Waals surface area contributed by atoms with Crippen molar-refractivity contribution in [3.8, 4) is 5.75 Å². The molecular weight excluding hydrogens is 266 g/mol. The molecule has 1 aromatic carbocycles. The number of hydrogen-bond donors (Lipinski definition) is 1. The summed E-state index contributed by atoms with van der Waals surface area (Å²) in [5.74, 6) is 0.265. The van der Waals surface area contributed by atoms with Gasteiger partial charge in [0.2, 0.25) is 0 Å². The Morgan fingerprint density at radius 2 is 2.10 bits per heavy atom. The molecule has 1 heterocycles. The number of nitrogens with zero attached hydrogens (tertiary/aromatic N) is 1. The summed E-state index contributed by atoms with van der Waals surface area (Å²) in [7, 11) is 0. The predicted molar refractivity (Wildman–Crippen MR) is 82.8 cm³/mol. The van der Waals surface area contributed by atoms with Crippen LogP contribution in [0.5, 0.6) is 5.75 Å². The second kappa shape index (κ2) is 6.94. The van der Waals surface area contributed by atoms with E-state index in [1.165, 1.54) is 11.1 Å². The maximum Gasteiger partial charge on any atom is 0.308 e. The Labute approximate surface area is 126 Å². The highest BCUT2D eigenvalue weighted by Gasteiger charge is 2.34. The van der Waals surface area contributed by atoms with Gasteiger partial charge in [-0.25, -0.2) is 0 Å². The first-order valence-corrected chi connectivity index (χ1v) is 7.62. The van der Waals surface area contributed by atoms with E-state index in [0.717, 1.165) is 25.3 Å². The Bertz CT molecular complexity index is 501. The smallest absolute Gasteiger partial charge is 0.308 e. The zero-order valence-electron chi connectivity index (χ0n) is 13.1. The van der Waals surface area contributed by atoms with Crippen LogP contribution in [0.3, 0.4) is 0 Å². The molecule has 2 atom stereocenters. The fourth-order valence-electron chi connectivity index (χ4n) is 2.85. The van der Waals surface area contributed by atoms with Gasteiger partial charge in [-0.05, 0) is 49.4 Å². The molecule has 116 valence electrons. The number of likely N-dealkylation sites (tertiary alicyclic amines) is 1. The number of rotatable bonds is 6. The summed E-state index contributed by atoms with van der Waals surface area (Å²) in [6, 6.07) is 6.14. The molecule has 0 bridgehead atoms. The molecule has 21 heavy (non-hydrogen) atoms. The van der Waals surface area contributed by atoms with Crippen molar-refractivity contribution in [3.63, 3.8) is 0 Å². The number of carboxylic acid groups (broad SMARTS) is 1. The first kappa shape index (κ1) is 15.8. The van der Waals surface area contributed by atoms with E-state index < -0.39 is 5.97 Å². The van der Waals surface area contributed by atoms with Gasteiger partial charge in [0.15, 0.2) is 0 Å². The van der Waals surface area contributed by atoms with Gasteiger partial charge in [-0.3, -0.25) is 4.79 Å². The van der Waals surface area contributed by atoms with Crippen molar-refractivity contribution in [1.29, 1.82) is 0 Å². The van der Waals surface area contributed by atoms with Crippen molar-refractivity contribution in [2.24, 2.45) is 11.8 Å². The summed E-state index contributed by atoms with van der Waals surface area (Å²) in [6.07, 6.45) is 0.923. The van der Waals surface area contributed by atoms with Gasteiger partial charge in [-0.15, -0.1) is 0 Å². The first-order chi connectivity index (χ1) is 9.97. The summed E-state index contributed by atoms with van der Waals surface area (Å²) in [6.45, 7) is 9.31. The fraction of sp³-hybridized carbons (Fsp3) is 0.588. The van der Waals surface area contributed by atoms with E-state index in [2.05, 4.69) is 30.9 Å².